The zero-order valence-electron chi connectivity index (χ0n) is 19.4. The fourth-order valence-electron chi connectivity index (χ4n) is 3.56. The molecule has 0 spiro atoms. The summed E-state index contributed by atoms with van der Waals surface area (Å²) >= 11 is 5.76. The van der Waals surface area contributed by atoms with E-state index in [2.05, 4.69) is 25.6 Å². The molecule has 0 saturated heterocycles. The van der Waals surface area contributed by atoms with E-state index in [1.807, 2.05) is 0 Å². The van der Waals surface area contributed by atoms with Gasteiger partial charge in [0, 0.05) is 24.5 Å². The Hall–Kier alpha value is -3.73. The molecule has 2 N–H and O–H groups in total. The summed E-state index contributed by atoms with van der Waals surface area (Å²) in [4.78, 5) is 38.8. The van der Waals surface area contributed by atoms with Gasteiger partial charge >= 0.3 is 6.18 Å². The Morgan fingerprint density at radius 2 is 1.78 bits per heavy atom. The molecule has 1 aliphatic rings. The molecule has 1 aliphatic carbocycles. The highest BCUT2D eigenvalue weighted by atomic mass is 35.5. The van der Waals surface area contributed by atoms with Gasteiger partial charge < -0.3 is 15.5 Å². The number of nitrogens with one attached hydrogen (secondary N) is 2. The Bertz CT molecular complexity index is 1280. The highest BCUT2D eigenvalue weighted by Crippen LogP contribution is 2.40. The van der Waals surface area contributed by atoms with E-state index in [0.29, 0.717) is 30.0 Å². The summed E-state index contributed by atoms with van der Waals surface area (Å²) in [5.74, 6) is -0.249. The number of anilines is 2. The quantitative estimate of drug-likeness (QED) is 0.486. The van der Waals surface area contributed by atoms with E-state index in [4.69, 9.17) is 11.6 Å². The van der Waals surface area contributed by atoms with E-state index in [1.165, 1.54) is 42.7 Å². The summed E-state index contributed by atoms with van der Waals surface area (Å²) < 4.78 is 40.4. The smallest absolute Gasteiger partial charge is 0.348 e. The van der Waals surface area contributed by atoms with E-state index in [-0.39, 0.29) is 28.7 Å². The minimum atomic E-state index is -4.58. The van der Waals surface area contributed by atoms with Crippen molar-refractivity contribution < 1.29 is 22.8 Å². The van der Waals surface area contributed by atoms with Crippen LogP contribution in [0.2, 0.25) is 5.02 Å². The Labute approximate surface area is 209 Å². The number of carbonyl (C=O) groups is 2. The molecule has 188 valence electrons. The Balaban J connectivity index is 1.38. The van der Waals surface area contributed by atoms with Crippen molar-refractivity contribution in [3.63, 3.8) is 0 Å². The molecule has 2 aromatic heterocycles. The molecule has 12 heteroatoms. The minimum absolute atomic E-state index is 0.0134. The first-order chi connectivity index (χ1) is 17.0. The number of hydrogen-bond acceptors (Lipinski definition) is 6. The SMILES string of the molecule is Cc1ncc(C(=O)NC2(C(=O)NCc3ccc(N(C)c4ccc(Cl)cc4C(F)(F)F)cn3)CC2)cn1. The van der Waals surface area contributed by atoms with E-state index in [1.54, 1.807) is 19.1 Å². The molecule has 0 atom stereocenters. The summed E-state index contributed by atoms with van der Waals surface area (Å²) in [6.07, 6.45) is 0.634. The number of amides is 2. The lowest BCUT2D eigenvalue weighted by molar-refractivity contribution is -0.137. The van der Waals surface area contributed by atoms with Crippen molar-refractivity contribution in [2.24, 2.45) is 0 Å². The second-order valence-corrected chi connectivity index (χ2v) is 8.90. The van der Waals surface area contributed by atoms with Gasteiger partial charge in [0.05, 0.1) is 40.9 Å². The Morgan fingerprint density at radius 1 is 1.08 bits per heavy atom. The van der Waals surface area contributed by atoms with E-state index in [0.717, 1.165) is 6.07 Å². The van der Waals surface area contributed by atoms with Crippen LogP contribution in [0.4, 0.5) is 24.5 Å². The molecule has 1 saturated carbocycles. The van der Waals surface area contributed by atoms with Crippen LogP contribution in [0, 0.1) is 6.92 Å². The average molecular weight is 519 g/mol. The van der Waals surface area contributed by atoms with Gasteiger partial charge in [0.25, 0.3) is 5.91 Å². The minimum Gasteiger partial charge on any atom is -0.348 e. The maximum atomic E-state index is 13.5. The standard InChI is InChI=1S/C24H22ClF3N6O2/c1-14-29-10-15(11-30-14)21(35)33-23(7-8-23)22(36)32-12-17-4-5-18(13-31-17)34(2)20-6-3-16(25)9-19(20)24(26,27)28/h3-6,9-11,13H,7-8,12H2,1-2H3,(H,32,36)(H,33,35). The molecular weight excluding hydrogens is 497 g/mol. The number of nitrogens with zero attached hydrogens (tertiary/aromatic N) is 4. The van der Waals surface area contributed by atoms with Gasteiger partial charge in [-0.25, -0.2) is 9.97 Å². The fourth-order valence-corrected chi connectivity index (χ4v) is 3.73. The second-order valence-electron chi connectivity index (χ2n) is 8.46. The van der Waals surface area contributed by atoms with Crippen molar-refractivity contribution in [3.05, 3.63) is 76.6 Å². The number of aromatic nitrogens is 3. The van der Waals surface area contributed by atoms with Gasteiger partial charge in [-0.05, 0) is 50.1 Å². The molecule has 4 rings (SSSR count). The van der Waals surface area contributed by atoms with Crippen molar-refractivity contribution in [1.29, 1.82) is 0 Å². The van der Waals surface area contributed by atoms with Gasteiger partial charge in [0.15, 0.2) is 0 Å². The lowest BCUT2D eigenvalue weighted by atomic mass is 10.1. The third-order valence-corrected chi connectivity index (χ3v) is 6.07. The van der Waals surface area contributed by atoms with Crippen molar-refractivity contribution in [2.45, 2.75) is 38.0 Å². The topological polar surface area (TPSA) is 100 Å². The molecule has 0 radical (unpaired) electrons. The Morgan fingerprint density at radius 3 is 2.36 bits per heavy atom. The predicted octanol–water partition coefficient (Wildman–Crippen LogP) is 4.20. The number of pyridine rings is 1. The summed E-state index contributed by atoms with van der Waals surface area (Å²) in [6, 6.07) is 6.78. The number of hydrogen-bond donors (Lipinski definition) is 2. The van der Waals surface area contributed by atoms with Crippen LogP contribution in [0.15, 0.2) is 48.9 Å². The predicted molar refractivity (Wildman–Crippen MR) is 127 cm³/mol. The van der Waals surface area contributed by atoms with Crippen molar-refractivity contribution >= 4 is 34.8 Å². The van der Waals surface area contributed by atoms with Crippen LogP contribution >= 0.6 is 11.6 Å². The first kappa shape index (κ1) is 25.4. The third kappa shape index (κ3) is 5.56. The number of alkyl halides is 3. The summed E-state index contributed by atoms with van der Waals surface area (Å²) in [6.45, 7) is 1.79. The number of halogens is 4. The molecular formula is C24H22ClF3N6O2. The zero-order chi connectivity index (χ0) is 26.1. The first-order valence-electron chi connectivity index (χ1n) is 10.9. The summed E-state index contributed by atoms with van der Waals surface area (Å²) in [5.41, 5.74) is -0.741. The highest BCUT2D eigenvalue weighted by Gasteiger charge is 2.51. The van der Waals surface area contributed by atoms with Gasteiger partial charge in [-0.3, -0.25) is 14.6 Å². The van der Waals surface area contributed by atoms with Gasteiger partial charge in [-0.2, -0.15) is 13.2 Å². The molecule has 1 fully saturated rings. The molecule has 0 unspecified atom stereocenters. The number of benzene rings is 1. The second kappa shape index (κ2) is 9.73. The van der Waals surface area contributed by atoms with Gasteiger partial charge in [-0.1, -0.05) is 11.6 Å². The molecule has 3 aromatic rings. The van der Waals surface area contributed by atoms with Gasteiger partial charge in [0.1, 0.15) is 11.4 Å². The van der Waals surface area contributed by atoms with Crippen LogP contribution in [0.5, 0.6) is 0 Å². The molecule has 2 amide bonds. The number of carbonyl (C=O) groups excluding carboxylic acids is 2. The van der Waals surface area contributed by atoms with Crippen LogP contribution in [0.25, 0.3) is 0 Å². The van der Waals surface area contributed by atoms with Crippen LogP contribution in [0.3, 0.4) is 0 Å². The van der Waals surface area contributed by atoms with Crippen LogP contribution in [-0.2, 0) is 17.5 Å². The van der Waals surface area contributed by atoms with Crippen molar-refractivity contribution in [3.8, 4) is 0 Å². The summed E-state index contributed by atoms with van der Waals surface area (Å²) in [7, 11) is 1.50. The van der Waals surface area contributed by atoms with E-state index >= 15 is 0 Å². The van der Waals surface area contributed by atoms with Crippen LogP contribution in [0.1, 0.15) is 40.3 Å². The fraction of sp³-hybridized carbons (Fsp3) is 0.292. The maximum Gasteiger partial charge on any atom is 0.418 e. The molecule has 0 aliphatic heterocycles. The lowest BCUT2D eigenvalue weighted by Gasteiger charge is -2.24. The normalized spacial score (nSPS) is 14.2. The lowest BCUT2D eigenvalue weighted by Crippen LogP contribution is -2.48. The number of rotatable bonds is 7. The molecule has 36 heavy (non-hydrogen) atoms. The maximum absolute atomic E-state index is 13.5. The Kier molecular flexibility index (Phi) is 6.85. The molecule has 8 nitrogen and oxygen atoms in total. The number of aryl methyl sites for hydroxylation is 1. The molecule has 2 heterocycles. The monoisotopic (exact) mass is 518 g/mol. The average Bonchev–Trinajstić information content (AvgIpc) is 3.63. The van der Waals surface area contributed by atoms with Gasteiger partial charge in [0.2, 0.25) is 5.91 Å². The molecule has 1 aromatic carbocycles. The third-order valence-electron chi connectivity index (χ3n) is 5.83. The summed E-state index contributed by atoms with van der Waals surface area (Å²) in [5, 5.41) is 5.49. The van der Waals surface area contributed by atoms with Crippen molar-refractivity contribution in [2.75, 3.05) is 11.9 Å². The van der Waals surface area contributed by atoms with E-state index < -0.39 is 23.2 Å². The zero-order valence-corrected chi connectivity index (χ0v) is 20.1. The highest BCUT2D eigenvalue weighted by molar-refractivity contribution is 6.30. The van der Waals surface area contributed by atoms with Crippen molar-refractivity contribution in [1.82, 2.24) is 25.6 Å². The van der Waals surface area contributed by atoms with E-state index in [9.17, 15) is 22.8 Å². The van der Waals surface area contributed by atoms with Gasteiger partial charge in [-0.15, -0.1) is 0 Å². The molecule has 0 bridgehead atoms. The van der Waals surface area contributed by atoms with Crippen LogP contribution in [-0.4, -0.2) is 39.4 Å². The van der Waals surface area contributed by atoms with Crippen LogP contribution < -0.4 is 15.5 Å². The first-order valence-corrected chi connectivity index (χ1v) is 11.3. The largest absolute Gasteiger partial charge is 0.418 e.